The zero-order chi connectivity index (χ0) is 13.8. The van der Waals surface area contributed by atoms with Gasteiger partial charge >= 0.3 is 0 Å². The van der Waals surface area contributed by atoms with E-state index in [2.05, 4.69) is 21.2 Å². The lowest BCUT2D eigenvalue weighted by Crippen LogP contribution is -2.26. The third kappa shape index (κ3) is 3.28. The number of hydrogen-bond donors (Lipinski definition) is 1. The Balaban J connectivity index is 2.36. The standard InChI is InChI=1S/C14H18BrNO3/c1-16-8-12(17)11-6-9(15)7-13(18-2)14(11)19-10-4-3-5-10/h6-7,10,16H,3-5,8H2,1-2H3. The monoisotopic (exact) mass is 327 g/mol. The highest BCUT2D eigenvalue weighted by Gasteiger charge is 2.25. The molecule has 1 aliphatic rings. The van der Waals surface area contributed by atoms with Crippen LogP contribution in [0.4, 0.5) is 0 Å². The van der Waals surface area contributed by atoms with Gasteiger partial charge in [0.15, 0.2) is 17.3 Å². The van der Waals surface area contributed by atoms with E-state index in [4.69, 9.17) is 9.47 Å². The number of methoxy groups -OCH3 is 1. The van der Waals surface area contributed by atoms with Crippen molar-refractivity contribution < 1.29 is 14.3 Å². The minimum absolute atomic E-state index is 0.00331. The molecule has 1 N–H and O–H groups in total. The van der Waals surface area contributed by atoms with Crippen molar-refractivity contribution in [2.45, 2.75) is 25.4 Å². The molecule has 0 aliphatic heterocycles. The normalized spacial score (nSPS) is 14.9. The van der Waals surface area contributed by atoms with Crippen LogP contribution in [0, 0.1) is 0 Å². The molecule has 4 nitrogen and oxygen atoms in total. The summed E-state index contributed by atoms with van der Waals surface area (Å²) in [5.74, 6) is 1.16. The maximum Gasteiger partial charge on any atom is 0.180 e. The minimum atomic E-state index is -0.00331. The van der Waals surface area contributed by atoms with Crippen LogP contribution in [-0.4, -0.2) is 32.6 Å². The van der Waals surface area contributed by atoms with Crippen molar-refractivity contribution in [1.82, 2.24) is 5.32 Å². The van der Waals surface area contributed by atoms with Crippen LogP contribution in [0.15, 0.2) is 16.6 Å². The van der Waals surface area contributed by atoms with Crippen LogP contribution in [0.5, 0.6) is 11.5 Å². The first-order chi connectivity index (χ1) is 9.15. The van der Waals surface area contributed by atoms with E-state index in [1.54, 1.807) is 20.2 Å². The molecule has 0 spiro atoms. The molecular weight excluding hydrogens is 310 g/mol. The number of ether oxygens (including phenoxy) is 2. The minimum Gasteiger partial charge on any atom is -0.493 e. The van der Waals surface area contributed by atoms with Crippen LogP contribution in [0.3, 0.4) is 0 Å². The number of nitrogens with one attached hydrogen (secondary N) is 1. The van der Waals surface area contributed by atoms with Gasteiger partial charge in [-0.05, 0) is 38.4 Å². The van der Waals surface area contributed by atoms with Crippen LogP contribution in [0.2, 0.25) is 0 Å². The van der Waals surface area contributed by atoms with Crippen LogP contribution in [-0.2, 0) is 0 Å². The summed E-state index contributed by atoms with van der Waals surface area (Å²) >= 11 is 3.40. The second kappa shape index (κ2) is 6.39. The van der Waals surface area contributed by atoms with Gasteiger partial charge in [-0.2, -0.15) is 0 Å². The molecule has 1 fully saturated rings. The Kier molecular flexibility index (Phi) is 4.82. The Bertz CT molecular complexity index is 472. The van der Waals surface area contributed by atoms with Crippen molar-refractivity contribution in [3.8, 4) is 11.5 Å². The third-order valence-electron chi connectivity index (χ3n) is 3.21. The second-order valence-corrected chi connectivity index (χ2v) is 5.52. The summed E-state index contributed by atoms with van der Waals surface area (Å²) in [6.07, 6.45) is 3.47. The number of benzene rings is 1. The molecule has 0 atom stereocenters. The maximum atomic E-state index is 12.2. The summed E-state index contributed by atoms with van der Waals surface area (Å²) in [6.45, 7) is 0.278. The fourth-order valence-corrected chi connectivity index (χ4v) is 2.40. The summed E-state index contributed by atoms with van der Waals surface area (Å²) in [5, 5.41) is 2.87. The van der Waals surface area contributed by atoms with E-state index < -0.39 is 0 Å². The summed E-state index contributed by atoms with van der Waals surface area (Å²) in [6, 6.07) is 3.61. The number of rotatable bonds is 6. The van der Waals surface area contributed by atoms with Gasteiger partial charge in [0.25, 0.3) is 0 Å². The molecule has 0 aromatic heterocycles. The topological polar surface area (TPSA) is 47.6 Å². The number of halogens is 1. The molecule has 1 aliphatic carbocycles. The van der Waals surface area contributed by atoms with Crippen LogP contribution in [0.25, 0.3) is 0 Å². The quantitative estimate of drug-likeness (QED) is 0.816. The van der Waals surface area contributed by atoms with Gasteiger partial charge in [0.05, 0.1) is 25.3 Å². The molecule has 0 saturated heterocycles. The number of hydrogen-bond acceptors (Lipinski definition) is 4. The van der Waals surface area contributed by atoms with Crippen molar-refractivity contribution in [1.29, 1.82) is 0 Å². The first-order valence-electron chi connectivity index (χ1n) is 6.37. The highest BCUT2D eigenvalue weighted by molar-refractivity contribution is 9.10. The van der Waals surface area contributed by atoms with Crippen molar-refractivity contribution >= 4 is 21.7 Å². The Morgan fingerprint density at radius 2 is 2.21 bits per heavy atom. The van der Waals surface area contributed by atoms with Gasteiger partial charge in [-0.25, -0.2) is 0 Å². The Labute approximate surface area is 121 Å². The molecule has 0 radical (unpaired) electrons. The van der Waals surface area contributed by atoms with Gasteiger partial charge in [0, 0.05) is 4.47 Å². The predicted octanol–water partition coefficient (Wildman–Crippen LogP) is 2.79. The molecule has 104 valence electrons. The third-order valence-corrected chi connectivity index (χ3v) is 3.67. The van der Waals surface area contributed by atoms with E-state index in [0.717, 1.165) is 17.3 Å². The number of ketones is 1. The fraction of sp³-hybridized carbons (Fsp3) is 0.500. The highest BCUT2D eigenvalue weighted by Crippen LogP contribution is 2.38. The van der Waals surface area contributed by atoms with E-state index in [1.165, 1.54) is 6.42 Å². The molecule has 1 aromatic carbocycles. The molecule has 1 saturated carbocycles. The second-order valence-electron chi connectivity index (χ2n) is 4.61. The molecule has 2 rings (SSSR count). The van der Waals surface area contributed by atoms with Gasteiger partial charge in [0.2, 0.25) is 0 Å². The van der Waals surface area contributed by atoms with Gasteiger partial charge in [-0.15, -0.1) is 0 Å². The summed E-state index contributed by atoms with van der Waals surface area (Å²) in [5.41, 5.74) is 0.562. The largest absolute Gasteiger partial charge is 0.493 e. The van der Waals surface area contributed by atoms with Crippen molar-refractivity contribution in [3.63, 3.8) is 0 Å². The predicted molar refractivity (Wildman–Crippen MR) is 77.2 cm³/mol. The molecule has 0 unspecified atom stereocenters. The Morgan fingerprint density at radius 1 is 1.47 bits per heavy atom. The lowest BCUT2D eigenvalue weighted by atomic mass is 9.96. The van der Waals surface area contributed by atoms with Crippen LogP contribution < -0.4 is 14.8 Å². The van der Waals surface area contributed by atoms with Gasteiger partial charge in [-0.3, -0.25) is 4.79 Å². The Hall–Kier alpha value is -1.07. The van der Waals surface area contributed by atoms with E-state index in [-0.39, 0.29) is 18.4 Å². The van der Waals surface area contributed by atoms with Gasteiger partial charge in [0.1, 0.15) is 0 Å². The SMILES string of the molecule is CNCC(=O)c1cc(Br)cc(OC)c1OC1CCC1. The van der Waals surface area contributed by atoms with E-state index >= 15 is 0 Å². The molecule has 5 heteroatoms. The molecule has 1 aromatic rings. The molecule has 19 heavy (non-hydrogen) atoms. The molecule has 0 heterocycles. The van der Waals surface area contributed by atoms with Crippen molar-refractivity contribution in [3.05, 3.63) is 22.2 Å². The van der Waals surface area contributed by atoms with Gasteiger partial charge < -0.3 is 14.8 Å². The average Bonchev–Trinajstić information content (AvgIpc) is 2.34. The smallest absolute Gasteiger partial charge is 0.180 e. The molecule has 0 bridgehead atoms. The number of carbonyl (C=O) groups is 1. The zero-order valence-corrected chi connectivity index (χ0v) is 12.7. The summed E-state index contributed by atoms with van der Waals surface area (Å²) < 4.78 is 12.1. The van der Waals surface area contributed by atoms with Crippen LogP contribution >= 0.6 is 15.9 Å². The average molecular weight is 328 g/mol. The number of Topliss-reactive ketones (excluding diaryl/α,β-unsaturated/α-hetero) is 1. The lowest BCUT2D eigenvalue weighted by Gasteiger charge is -2.28. The van der Waals surface area contributed by atoms with Crippen molar-refractivity contribution in [2.24, 2.45) is 0 Å². The number of carbonyl (C=O) groups excluding carboxylic acids is 1. The summed E-state index contributed by atoms with van der Waals surface area (Å²) in [7, 11) is 3.33. The van der Waals surface area contributed by atoms with Crippen molar-refractivity contribution in [2.75, 3.05) is 20.7 Å². The highest BCUT2D eigenvalue weighted by atomic mass is 79.9. The first-order valence-corrected chi connectivity index (χ1v) is 7.17. The van der Waals surface area contributed by atoms with Gasteiger partial charge in [-0.1, -0.05) is 15.9 Å². The van der Waals surface area contributed by atoms with E-state index in [1.807, 2.05) is 6.07 Å². The zero-order valence-electron chi connectivity index (χ0n) is 11.2. The Morgan fingerprint density at radius 3 is 2.74 bits per heavy atom. The first kappa shape index (κ1) is 14.3. The van der Waals surface area contributed by atoms with E-state index in [0.29, 0.717) is 17.1 Å². The molecular formula is C14H18BrNO3. The molecule has 0 amide bonds. The fourth-order valence-electron chi connectivity index (χ4n) is 1.96. The maximum absolute atomic E-state index is 12.2. The number of likely N-dealkylation sites (N-methyl/N-ethyl adjacent to an activating group) is 1. The van der Waals surface area contributed by atoms with Crippen LogP contribution in [0.1, 0.15) is 29.6 Å². The van der Waals surface area contributed by atoms with E-state index in [9.17, 15) is 4.79 Å². The summed E-state index contributed by atoms with van der Waals surface area (Å²) in [4.78, 5) is 12.2. The lowest BCUT2D eigenvalue weighted by molar-refractivity contribution is 0.0958.